The third-order valence-electron chi connectivity index (χ3n) is 6.16. The summed E-state index contributed by atoms with van der Waals surface area (Å²) in [7, 11) is 0. The zero-order valence-electron chi connectivity index (χ0n) is 19.7. The molecule has 0 spiro atoms. The smallest absolute Gasteiger partial charge is 0.425 e. The molecule has 1 fully saturated rings. The summed E-state index contributed by atoms with van der Waals surface area (Å²) in [5, 5.41) is 6.05. The predicted molar refractivity (Wildman–Crippen MR) is 126 cm³/mol. The fourth-order valence-electron chi connectivity index (χ4n) is 4.25. The molecular weight excluding hydrogens is 523 g/mol. The van der Waals surface area contributed by atoms with Gasteiger partial charge in [0.05, 0.1) is 16.3 Å². The van der Waals surface area contributed by atoms with Gasteiger partial charge in [-0.05, 0) is 44.9 Å². The summed E-state index contributed by atoms with van der Waals surface area (Å²) in [5.41, 5.74) is -2.30. The van der Waals surface area contributed by atoms with Gasteiger partial charge < -0.3 is 10.1 Å². The van der Waals surface area contributed by atoms with Crippen molar-refractivity contribution >= 4 is 23.2 Å². The fraction of sp³-hybridized carbons (Fsp3) is 0.375. The molecule has 0 radical (unpaired) electrons. The van der Waals surface area contributed by atoms with Crippen molar-refractivity contribution in [2.45, 2.75) is 57.9 Å². The zero-order valence-corrected chi connectivity index (χ0v) is 20.5. The van der Waals surface area contributed by atoms with Crippen LogP contribution in [0.1, 0.15) is 54.8 Å². The minimum absolute atomic E-state index is 0.124. The Morgan fingerprint density at radius 1 is 1.19 bits per heavy atom. The van der Waals surface area contributed by atoms with E-state index in [4.69, 9.17) is 16.3 Å². The number of benzene rings is 2. The first-order valence-corrected chi connectivity index (χ1v) is 11.8. The molecule has 1 saturated carbocycles. The topological polar surface area (TPSA) is 78.2 Å². The molecule has 1 amide bonds. The lowest BCUT2D eigenvalue weighted by molar-refractivity contribution is -0.189. The minimum atomic E-state index is -4.82. The Kier molecular flexibility index (Phi) is 7.31. The van der Waals surface area contributed by atoms with Crippen LogP contribution >= 0.6 is 11.6 Å². The highest BCUT2D eigenvalue weighted by atomic mass is 35.5. The molecule has 0 unspecified atom stereocenters. The summed E-state index contributed by atoms with van der Waals surface area (Å²) >= 11 is 5.91. The Bertz CT molecular complexity index is 1380. The van der Waals surface area contributed by atoms with Crippen LogP contribution in [0.4, 0.5) is 27.6 Å². The summed E-state index contributed by atoms with van der Waals surface area (Å²) in [6.07, 6.45) is -3.91. The molecule has 0 saturated heterocycles. The Morgan fingerprint density at radius 2 is 1.86 bits per heavy atom. The maximum absolute atomic E-state index is 15.3. The molecule has 1 heterocycles. The quantitative estimate of drug-likeness (QED) is 0.388. The molecule has 198 valence electrons. The number of nitrogens with zero attached hydrogens (tertiary/aromatic N) is 3. The van der Waals surface area contributed by atoms with Gasteiger partial charge in [-0.2, -0.15) is 23.0 Å². The molecule has 3 aromatic rings. The highest BCUT2D eigenvalue weighted by Gasteiger charge is 2.39. The molecule has 0 bridgehead atoms. The first kappa shape index (κ1) is 26.6. The van der Waals surface area contributed by atoms with E-state index in [1.165, 1.54) is 16.7 Å². The van der Waals surface area contributed by atoms with Crippen molar-refractivity contribution in [2.24, 2.45) is 0 Å². The number of ether oxygens (including phenoxy) is 1. The van der Waals surface area contributed by atoms with Gasteiger partial charge in [-0.25, -0.2) is 13.6 Å². The van der Waals surface area contributed by atoms with Crippen LogP contribution in [0.3, 0.4) is 0 Å². The number of rotatable bonds is 6. The lowest BCUT2D eigenvalue weighted by Gasteiger charge is -2.20. The Hall–Kier alpha value is -3.41. The zero-order chi connectivity index (χ0) is 27.1. The molecule has 1 atom stereocenters. The summed E-state index contributed by atoms with van der Waals surface area (Å²) in [5.74, 6) is -3.61. The van der Waals surface area contributed by atoms with Gasteiger partial charge in [0.1, 0.15) is 28.9 Å². The van der Waals surface area contributed by atoms with Crippen molar-refractivity contribution in [3.63, 3.8) is 0 Å². The van der Waals surface area contributed by atoms with Gasteiger partial charge in [-0.1, -0.05) is 30.5 Å². The average molecular weight is 545 g/mol. The first-order valence-electron chi connectivity index (χ1n) is 11.4. The van der Waals surface area contributed by atoms with E-state index in [-0.39, 0.29) is 11.1 Å². The molecule has 37 heavy (non-hydrogen) atoms. The standard InChI is InChI=1S/C24H22ClF5N4O3/c1-12(24(28,29)30)37-20-11-19(34-23(36)33(13(2)32-34)14-6-3-4-7-14)18(27)10-15(20)22(35)31-21-16(25)8-5-9-17(21)26/h5,8-12,14H,3-4,6-7H2,1-2H3,(H,31,35)/t12-/m0/s1. The number of aromatic nitrogens is 3. The van der Waals surface area contributed by atoms with Crippen LogP contribution in [0, 0.1) is 18.6 Å². The number of carbonyl (C=O) groups excluding carboxylic acids is 1. The largest absolute Gasteiger partial charge is 0.480 e. The van der Waals surface area contributed by atoms with Gasteiger partial charge >= 0.3 is 11.9 Å². The molecular formula is C24H22ClF5N4O3. The molecule has 13 heteroatoms. The third kappa shape index (κ3) is 5.34. The van der Waals surface area contributed by atoms with E-state index in [0.717, 1.165) is 42.5 Å². The van der Waals surface area contributed by atoms with E-state index >= 15 is 4.39 Å². The predicted octanol–water partition coefficient (Wildman–Crippen LogP) is 5.97. The van der Waals surface area contributed by atoms with Crippen LogP contribution in [0.25, 0.3) is 5.69 Å². The number of carbonyl (C=O) groups is 1. The van der Waals surface area contributed by atoms with Crippen LogP contribution in [-0.4, -0.2) is 32.5 Å². The van der Waals surface area contributed by atoms with Crippen molar-refractivity contribution in [2.75, 3.05) is 5.32 Å². The van der Waals surface area contributed by atoms with Crippen molar-refractivity contribution < 1.29 is 31.5 Å². The molecule has 1 aromatic heterocycles. The second kappa shape index (κ2) is 10.2. The van der Waals surface area contributed by atoms with E-state index < -0.39 is 58.2 Å². The number of aryl methyl sites for hydroxylation is 1. The first-order chi connectivity index (χ1) is 17.4. The number of alkyl halides is 3. The molecule has 4 rings (SSSR count). The Labute approximate surface area is 212 Å². The van der Waals surface area contributed by atoms with Crippen LogP contribution < -0.4 is 15.7 Å². The summed E-state index contributed by atoms with van der Waals surface area (Å²) in [6, 6.07) is 4.84. The van der Waals surface area contributed by atoms with Crippen LogP contribution in [0.5, 0.6) is 5.75 Å². The van der Waals surface area contributed by atoms with Crippen molar-refractivity contribution in [1.29, 1.82) is 0 Å². The summed E-state index contributed by atoms with van der Waals surface area (Å²) in [4.78, 5) is 26.0. The van der Waals surface area contributed by atoms with E-state index in [2.05, 4.69) is 10.4 Å². The summed E-state index contributed by atoms with van der Waals surface area (Å²) < 4.78 is 76.4. The number of hydrogen-bond acceptors (Lipinski definition) is 4. The highest BCUT2D eigenvalue weighted by molar-refractivity contribution is 6.34. The molecule has 1 aliphatic carbocycles. The normalized spacial score (nSPS) is 15.1. The number of nitrogens with one attached hydrogen (secondary N) is 1. The lowest BCUT2D eigenvalue weighted by Crippen LogP contribution is -2.32. The van der Waals surface area contributed by atoms with Gasteiger partial charge in [-0.3, -0.25) is 9.36 Å². The second-order valence-corrected chi connectivity index (χ2v) is 9.11. The SMILES string of the molecule is Cc1nn(-c2cc(O[C@@H](C)C(F)(F)F)c(C(=O)Nc3c(F)cccc3Cl)cc2F)c(=O)n1C1CCCC1. The molecule has 1 aliphatic rings. The van der Waals surface area contributed by atoms with Crippen molar-refractivity contribution in [3.8, 4) is 11.4 Å². The third-order valence-corrected chi connectivity index (χ3v) is 6.47. The lowest BCUT2D eigenvalue weighted by atomic mass is 10.1. The number of amides is 1. The van der Waals surface area contributed by atoms with Gasteiger partial charge in [0.2, 0.25) is 0 Å². The maximum atomic E-state index is 15.3. The fourth-order valence-corrected chi connectivity index (χ4v) is 4.46. The Morgan fingerprint density at radius 3 is 2.49 bits per heavy atom. The molecule has 1 N–H and O–H groups in total. The van der Waals surface area contributed by atoms with Crippen LogP contribution in [0.15, 0.2) is 35.1 Å². The number of hydrogen-bond donors (Lipinski definition) is 1. The van der Waals surface area contributed by atoms with E-state index in [9.17, 15) is 27.2 Å². The minimum Gasteiger partial charge on any atom is -0.480 e. The highest BCUT2D eigenvalue weighted by Crippen LogP contribution is 2.33. The molecule has 2 aromatic carbocycles. The number of halogens is 6. The van der Waals surface area contributed by atoms with Crippen molar-refractivity contribution in [3.05, 3.63) is 68.9 Å². The van der Waals surface area contributed by atoms with Gasteiger partial charge in [0, 0.05) is 12.1 Å². The number of para-hydroxylation sites is 1. The van der Waals surface area contributed by atoms with Crippen LogP contribution in [-0.2, 0) is 0 Å². The maximum Gasteiger partial charge on any atom is 0.425 e. The second-order valence-electron chi connectivity index (χ2n) is 8.70. The van der Waals surface area contributed by atoms with Gasteiger partial charge in [-0.15, -0.1) is 0 Å². The van der Waals surface area contributed by atoms with Gasteiger partial charge in [0.25, 0.3) is 5.91 Å². The summed E-state index contributed by atoms with van der Waals surface area (Å²) in [6.45, 7) is 2.26. The van der Waals surface area contributed by atoms with Crippen LogP contribution in [0.2, 0.25) is 5.02 Å². The monoisotopic (exact) mass is 544 g/mol. The van der Waals surface area contributed by atoms with E-state index in [1.807, 2.05) is 0 Å². The molecule has 7 nitrogen and oxygen atoms in total. The molecule has 0 aliphatic heterocycles. The van der Waals surface area contributed by atoms with E-state index in [0.29, 0.717) is 18.8 Å². The average Bonchev–Trinajstić information content (AvgIpc) is 3.44. The Balaban J connectivity index is 1.80. The van der Waals surface area contributed by atoms with Crippen molar-refractivity contribution in [1.82, 2.24) is 14.3 Å². The van der Waals surface area contributed by atoms with E-state index in [1.54, 1.807) is 6.92 Å². The van der Waals surface area contributed by atoms with Gasteiger partial charge in [0.15, 0.2) is 6.10 Å². The number of anilines is 1.